The van der Waals surface area contributed by atoms with Gasteiger partial charge < -0.3 is 50.6 Å². The van der Waals surface area contributed by atoms with Gasteiger partial charge in [0, 0.05) is 30.5 Å². The average molecular weight is 637 g/mol. The number of pyridine rings is 1. The summed E-state index contributed by atoms with van der Waals surface area (Å²) in [5.74, 6) is -1.36. The first-order chi connectivity index (χ1) is 21.1. The molecule has 44 heavy (non-hydrogen) atoms. The molecule has 15 nitrogen and oxygen atoms in total. The Morgan fingerprint density at radius 1 is 1.09 bits per heavy atom. The molecular weight excluding hydrogens is 607 g/mol. The molecular formula is C27H30ClFN6O9. The van der Waals surface area contributed by atoms with Crippen LogP contribution in [-0.4, -0.2) is 111 Å². The van der Waals surface area contributed by atoms with Crippen molar-refractivity contribution in [3.63, 3.8) is 0 Å². The van der Waals surface area contributed by atoms with E-state index in [1.807, 2.05) is 0 Å². The molecule has 1 saturated heterocycles. The van der Waals surface area contributed by atoms with Crippen LogP contribution in [0.25, 0.3) is 11.4 Å². The number of carbonyl (C=O) groups excluding carboxylic acids is 2. The van der Waals surface area contributed by atoms with Gasteiger partial charge in [-0.25, -0.2) is 14.4 Å². The van der Waals surface area contributed by atoms with Crippen molar-refractivity contribution in [2.24, 2.45) is 0 Å². The second kappa shape index (κ2) is 15.1. The summed E-state index contributed by atoms with van der Waals surface area (Å²) in [5.41, 5.74) is 0.487. The summed E-state index contributed by atoms with van der Waals surface area (Å²) in [6, 6.07) is 5.50. The monoisotopic (exact) mass is 636 g/mol. The standard InChI is InChI=1S/C27H30ClFN6O9/c1-42-18-10-33-24(14-8-13(28)2-3-16(14)29)35-25(18)34-17-4-5-30-9-15(17)26(41)32-7-6-31-20(37)12-43-27-23(40)22(39)21(38)19(11-36)44-27/h2-5,8-10,19,21-23,27,36,38-40H,6-7,11-12H2,1H3,(H,31,37)(H,32,41)(H,30,33,34,35). The highest BCUT2D eigenvalue weighted by atomic mass is 35.5. The van der Waals surface area contributed by atoms with Gasteiger partial charge in [0.1, 0.15) is 36.8 Å². The number of benzene rings is 1. The number of nitrogens with zero attached hydrogens (tertiary/aromatic N) is 3. The van der Waals surface area contributed by atoms with Crippen molar-refractivity contribution in [3.8, 4) is 17.1 Å². The quantitative estimate of drug-likeness (QED) is 0.128. The Bertz CT molecular complexity index is 1470. The van der Waals surface area contributed by atoms with E-state index in [9.17, 15) is 34.4 Å². The van der Waals surface area contributed by atoms with Gasteiger partial charge in [0.05, 0.1) is 36.7 Å². The van der Waals surface area contributed by atoms with E-state index in [0.29, 0.717) is 10.7 Å². The summed E-state index contributed by atoms with van der Waals surface area (Å²) in [4.78, 5) is 37.6. The van der Waals surface area contributed by atoms with E-state index in [1.165, 1.54) is 50.0 Å². The lowest BCUT2D eigenvalue weighted by atomic mass is 9.99. The number of nitrogens with one attached hydrogen (secondary N) is 3. The van der Waals surface area contributed by atoms with Crippen LogP contribution < -0.4 is 20.7 Å². The molecule has 1 fully saturated rings. The number of methoxy groups -OCH3 is 1. The zero-order valence-corrected chi connectivity index (χ0v) is 23.9. The van der Waals surface area contributed by atoms with Gasteiger partial charge in [-0.05, 0) is 24.3 Å². The number of carbonyl (C=O) groups is 2. The van der Waals surface area contributed by atoms with Crippen LogP contribution in [-0.2, 0) is 14.3 Å². The minimum atomic E-state index is -1.64. The molecule has 0 aliphatic carbocycles. The van der Waals surface area contributed by atoms with Crippen LogP contribution in [0.5, 0.6) is 5.75 Å². The Kier molecular flexibility index (Phi) is 11.3. The lowest BCUT2D eigenvalue weighted by Gasteiger charge is -2.39. The first-order valence-electron chi connectivity index (χ1n) is 13.2. The molecule has 2 amide bonds. The molecule has 5 atom stereocenters. The number of anilines is 2. The second-order valence-electron chi connectivity index (χ2n) is 9.40. The summed E-state index contributed by atoms with van der Waals surface area (Å²) >= 11 is 6.01. The Morgan fingerprint density at radius 3 is 2.61 bits per heavy atom. The summed E-state index contributed by atoms with van der Waals surface area (Å²) in [6.45, 7) is -1.20. The zero-order chi connectivity index (χ0) is 31.8. The number of hydrogen-bond acceptors (Lipinski definition) is 13. The SMILES string of the molecule is COc1cnc(-c2cc(Cl)ccc2F)nc1Nc1ccncc1C(=O)NCCNC(=O)COC1OC(CO)C(O)C(O)C1O. The molecule has 1 aliphatic heterocycles. The summed E-state index contributed by atoms with van der Waals surface area (Å²) in [6.07, 6.45) is -3.37. The van der Waals surface area contributed by atoms with Crippen molar-refractivity contribution in [2.75, 3.05) is 38.7 Å². The molecule has 3 aromatic rings. The summed E-state index contributed by atoms with van der Waals surface area (Å²) in [5, 5.41) is 47.3. The van der Waals surface area contributed by atoms with Crippen LogP contribution in [0.2, 0.25) is 5.02 Å². The molecule has 17 heteroatoms. The van der Waals surface area contributed by atoms with E-state index in [4.69, 9.17) is 25.8 Å². The fraction of sp³-hybridized carbons (Fsp3) is 0.370. The van der Waals surface area contributed by atoms with Crippen molar-refractivity contribution >= 4 is 34.9 Å². The molecule has 7 N–H and O–H groups in total. The summed E-state index contributed by atoms with van der Waals surface area (Å²) in [7, 11) is 1.40. The number of amides is 2. The number of rotatable bonds is 12. The molecule has 0 spiro atoms. The highest BCUT2D eigenvalue weighted by molar-refractivity contribution is 6.30. The van der Waals surface area contributed by atoms with Crippen LogP contribution in [0.1, 0.15) is 10.4 Å². The minimum Gasteiger partial charge on any atom is -0.491 e. The Labute approximate surface area is 255 Å². The maximum Gasteiger partial charge on any atom is 0.255 e. The number of aliphatic hydroxyl groups is 4. The third-order valence-corrected chi connectivity index (χ3v) is 6.66. The van der Waals surface area contributed by atoms with Gasteiger partial charge in [0.15, 0.2) is 23.7 Å². The van der Waals surface area contributed by atoms with Gasteiger partial charge in [-0.15, -0.1) is 0 Å². The maximum absolute atomic E-state index is 14.4. The molecule has 0 bridgehead atoms. The van der Waals surface area contributed by atoms with Gasteiger partial charge in [0.25, 0.3) is 5.91 Å². The first-order valence-corrected chi connectivity index (χ1v) is 13.5. The largest absolute Gasteiger partial charge is 0.491 e. The number of aromatic nitrogens is 3. The maximum atomic E-state index is 14.4. The number of aliphatic hydroxyl groups excluding tert-OH is 4. The molecule has 1 aromatic carbocycles. The van der Waals surface area contributed by atoms with E-state index in [1.54, 1.807) is 0 Å². The molecule has 236 valence electrons. The van der Waals surface area contributed by atoms with Crippen molar-refractivity contribution in [1.82, 2.24) is 25.6 Å². The van der Waals surface area contributed by atoms with Crippen LogP contribution in [0.15, 0.2) is 42.9 Å². The van der Waals surface area contributed by atoms with E-state index >= 15 is 0 Å². The molecule has 3 heterocycles. The molecule has 4 rings (SSSR count). The van der Waals surface area contributed by atoms with Gasteiger partial charge in [-0.3, -0.25) is 14.6 Å². The predicted octanol–water partition coefficient (Wildman–Crippen LogP) is -0.254. The van der Waals surface area contributed by atoms with Gasteiger partial charge in [0.2, 0.25) is 5.91 Å². The van der Waals surface area contributed by atoms with E-state index in [0.717, 1.165) is 0 Å². The summed E-state index contributed by atoms with van der Waals surface area (Å²) < 4.78 is 30.1. The fourth-order valence-electron chi connectivity index (χ4n) is 4.11. The van der Waals surface area contributed by atoms with E-state index in [-0.39, 0.29) is 41.6 Å². The van der Waals surface area contributed by atoms with Crippen LogP contribution >= 0.6 is 11.6 Å². The third-order valence-electron chi connectivity index (χ3n) is 6.42. The topological polar surface area (TPSA) is 218 Å². The lowest BCUT2D eigenvalue weighted by molar-refractivity contribution is -0.299. The van der Waals surface area contributed by atoms with E-state index in [2.05, 4.69) is 30.9 Å². The molecule has 1 aliphatic rings. The van der Waals surface area contributed by atoms with Crippen LogP contribution in [0.4, 0.5) is 15.9 Å². The van der Waals surface area contributed by atoms with Crippen molar-refractivity contribution in [1.29, 1.82) is 0 Å². The minimum absolute atomic E-state index is 0.0000682. The molecule has 5 unspecified atom stereocenters. The number of ether oxygens (including phenoxy) is 3. The third kappa shape index (κ3) is 7.92. The highest BCUT2D eigenvalue weighted by Gasteiger charge is 2.44. The normalized spacial score (nSPS) is 21.4. The smallest absolute Gasteiger partial charge is 0.255 e. The van der Waals surface area contributed by atoms with Crippen molar-refractivity contribution in [2.45, 2.75) is 30.7 Å². The van der Waals surface area contributed by atoms with Gasteiger partial charge in [-0.2, -0.15) is 0 Å². The number of halogens is 2. The first kappa shape index (κ1) is 32.9. The Morgan fingerprint density at radius 2 is 1.86 bits per heavy atom. The van der Waals surface area contributed by atoms with Crippen molar-refractivity contribution in [3.05, 3.63) is 59.3 Å². The average Bonchev–Trinajstić information content (AvgIpc) is 3.03. The second-order valence-corrected chi connectivity index (χ2v) is 9.83. The van der Waals surface area contributed by atoms with Gasteiger partial charge >= 0.3 is 0 Å². The van der Waals surface area contributed by atoms with E-state index < -0.39 is 61.6 Å². The lowest BCUT2D eigenvalue weighted by Crippen LogP contribution is -2.59. The molecule has 0 saturated carbocycles. The van der Waals surface area contributed by atoms with Gasteiger partial charge in [-0.1, -0.05) is 11.6 Å². The van der Waals surface area contributed by atoms with Crippen molar-refractivity contribution < 1.29 is 48.6 Å². The highest BCUT2D eigenvalue weighted by Crippen LogP contribution is 2.30. The molecule has 0 radical (unpaired) electrons. The molecule has 2 aromatic heterocycles. The van der Waals surface area contributed by atoms with Crippen LogP contribution in [0.3, 0.4) is 0 Å². The Hall–Kier alpha value is -4.03. The Balaban J connectivity index is 1.33. The zero-order valence-electron chi connectivity index (χ0n) is 23.2. The fourth-order valence-corrected chi connectivity index (χ4v) is 4.28. The number of hydrogen-bond donors (Lipinski definition) is 7. The van der Waals surface area contributed by atoms with Crippen LogP contribution in [0, 0.1) is 5.82 Å². The predicted molar refractivity (Wildman–Crippen MR) is 152 cm³/mol.